The zero-order chi connectivity index (χ0) is 22.5. The fourth-order valence-corrected chi connectivity index (χ4v) is 3.52. The predicted octanol–water partition coefficient (Wildman–Crippen LogP) is 6.43. The van der Waals surface area contributed by atoms with Gasteiger partial charge in [0.15, 0.2) is 5.75 Å². The Labute approximate surface area is 189 Å². The van der Waals surface area contributed by atoms with E-state index in [4.69, 9.17) is 4.74 Å². The molecule has 32 heavy (non-hydrogen) atoms. The highest BCUT2D eigenvalue weighted by atomic mass is 32.1. The summed E-state index contributed by atoms with van der Waals surface area (Å²) in [7, 11) is 0. The van der Waals surface area contributed by atoms with E-state index in [1.54, 1.807) is 36.1 Å². The third kappa shape index (κ3) is 5.04. The molecule has 10 nitrogen and oxygen atoms in total. The molecular formula is C20H16N6O4S2. The Morgan fingerprint density at radius 1 is 0.844 bits per heavy atom. The standard InChI is InChI=1S/C20H16N6O4S2/c1-11-6-14(23-25-19-21-2-4-31-19)17(9-15(11)28)30-10-12-7-13(27)8-16(29)18(12)24-26-20-22-3-5-32-20/h2-9,27-29H,10H2,1H3/b25-23+,26-24+. The van der Waals surface area contributed by atoms with E-state index < -0.39 is 0 Å². The normalized spacial score (nSPS) is 11.5. The first-order chi connectivity index (χ1) is 15.5. The van der Waals surface area contributed by atoms with Crippen LogP contribution in [0.15, 0.2) is 67.9 Å². The van der Waals surface area contributed by atoms with E-state index >= 15 is 0 Å². The van der Waals surface area contributed by atoms with Gasteiger partial charge in [0.2, 0.25) is 10.3 Å². The molecule has 0 aliphatic rings. The minimum Gasteiger partial charge on any atom is -0.508 e. The number of aromatic nitrogens is 2. The van der Waals surface area contributed by atoms with Crippen LogP contribution in [0.4, 0.5) is 21.6 Å². The topological polar surface area (TPSA) is 145 Å². The van der Waals surface area contributed by atoms with Gasteiger partial charge in [-0.3, -0.25) is 0 Å². The van der Waals surface area contributed by atoms with Crippen LogP contribution in [0.5, 0.6) is 23.0 Å². The Balaban J connectivity index is 1.63. The summed E-state index contributed by atoms with van der Waals surface area (Å²) in [5, 5.41) is 51.0. The average molecular weight is 469 g/mol. The molecule has 0 aliphatic carbocycles. The van der Waals surface area contributed by atoms with Gasteiger partial charge in [-0.05, 0) is 24.6 Å². The molecule has 12 heteroatoms. The average Bonchev–Trinajstić information content (AvgIpc) is 3.46. The number of rotatable bonds is 7. The smallest absolute Gasteiger partial charge is 0.229 e. The highest BCUT2D eigenvalue weighted by molar-refractivity contribution is 7.13. The maximum atomic E-state index is 10.3. The first-order valence-electron chi connectivity index (χ1n) is 9.13. The highest BCUT2D eigenvalue weighted by Gasteiger charge is 2.14. The van der Waals surface area contributed by atoms with Gasteiger partial charge in [-0.15, -0.1) is 43.1 Å². The van der Waals surface area contributed by atoms with Gasteiger partial charge in [-0.1, -0.05) is 0 Å². The van der Waals surface area contributed by atoms with Gasteiger partial charge >= 0.3 is 0 Å². The minimum absolute atomic E-state index is 0.0237. The number of aromatic hydroxyl groups is 3. The molecule has 0 atom stereocenters. The summed E-state index contributed by atoms with van der Waals surface area (Å²) >= 11 is 2.62. The molecule has 0 fully saturated rings. The molecule has 0 unspecified atom stereocenters. The maximum absolute atomic E-state index is 10.3. The van der Waals surface area contributed by atoms with Crippen LogP contribution in [-0.2, 0) is 6.61 Å². The number of aryl methyl sites for hydroxylation is 1. The summed E-state index contributed by atoms with van der Waals surface area (Å²) in [5.74, 6) is -0.154. The van der Waals surface area contributed by atoms with Crippen LogP contribution in [0.25, 0.3) is 0 Å². The molecule has 0 spiro atoms. The molecule has 0 amide bonds. The van der Waals surface area contributed by atoms with Gasteiger partial charge in [-0.2, -0.15) is 0 Å². The molecule has 2 aromatic carbocycles. The molecule has 0 saturated heterocycles. The maximum Gasteiger partial charge on any atom is 0.229 e. The van der Waals surface area contributed by atoms with Gasteiger partial charge < -0.3 is 20.1 Å². The number of azo groups is 2. The summed E-state index contributed by atoms with van der Waals surface area (Å²) in [5.41, 5.74) is 1.47. The Bertz CT molecular complexity index is 1270. The van der Waals surface area contributed by atoms with Crippen molar-refractivity contribution in [1.82, 2.24) is 9.97 Å². The molecule has 4 rings (SSSR count). The third-order valence-electron chi connectivity index (χ3n) is 4.13. The van der Waals surface area contributed by atoms with Crippen LogP contribution < -0.4 is 4.74 Å². The van der Waals surface area contributed by atoms with Crippen LogP contribution in [0, 0.1) is 6.92 Å². The lowest BCUT2D eigenvalue weighted by Crippen LogP contribution is -1.97. The lowest BCUT2D eigenvalue weighted by atomic mass is 10.1. The van der Waals surface area contributed by atoms with Crippen LogP contribution in [0.1, 0.15) is 11.1 Å². The number of thiazole rings is 2. The van der Waals surface area contributed by atoms with E-state index in [-0.39, 0.29) is 35.3 Å². The molecule has 0 saturated carbocycles. The van der Waals surface area contributed by atoms with E-state index in [1.807, 2.05) is 0 Å². The van der Waals surface area contributed by atoms with E-state index in [2.05, 4.69) is 30.4 Å². The van der Waals surface area contributed by atoms with Crippen molar-refractivity contribution in [3.05, 3.63) is 58.5 Å². The molecular weight excluding hydrogens is 452 g/mol. The van der Waals surface area contributed by atoms with Gasteiger partial charge in [0, 0.05) is 40.8 Å². The second-order valence-electron chi connectivity index (χ2n) is 6.40. The van der Waals surface area contributed by atoms with E-state index in [0.29, 0.717) is 27.1 Å². The summed E-state index contributed by atoms with van der Waals surface area (Å²) in [6.45, 7) is 1.63. The van der Waals surface area contributed by atoms with Gasteiger partial charge in [0.25, 0.3) is 0 Å². The zero-order valence-electron chi connectivity index (χ0n) is 16.6. The Morgan fingerprint density at radius 2 is 1.53 bits per heavy atom. The monoisotopic (exact) mass is 468 g/mol. The zero-order valence-corrected chi connectivity index (χ0v) is 18.2. The number of phenols is 3. The minimum atomic E-state index is -0.264. The summed E-state index contributed by atoms with van der Waals surface area (Å²) in [6.07, 6.45) is 3.21. The molecule has 2 heterocycles. The Kier molecular flexibility index (Phi) is 6.33. The van der Waals surface area contributed by atoms with Gasteiger partial charge in [0.1, 0.15) is 35.2 Å². The van der Waals surface area contributed by atoms with Crippen LogP contribution in [0.2, 0.25) is 0 Å². The van der Waals surface area contributed by atoms with Crippen molar-refractivity contribution in [2.24, 2.45) is 20.5 Å². The van der Waals surface area contributed by atoms with Gasteiger partial charge in [0.05, 0.1) is 0 Å². The molecule has 4 aromatic rings. The Hall–Kier alpha value is -3.90. The number of ether oxygens (including phenoxy) is 1. The number of hydrogen-bond donors (Lipinski definition) is 3. The van der Waals surface area contributed by atoms with Crippen molar-refractivity contribution >= 4 is 44.3 Å². The van der Waals surface area contributed by atoms with E-state index in [9.17, 15) is 15.3 Å². The Morgan fingerprint density at radius 3 is 2.19 bits per heavy atom. The summed E-state index contributed by atoms with van der Waals surface area (Å²) in [4.78, 5) is 8.07. The van der Waals surface area contributed by atoms with Crippen molar-refractivity contribution in [2.75, 3.05) is 0 Å². The molecule has 0 aliphatic heterocycles. The van der Waals surface area contributed by atoms with E-state index in [0.717, 1.165) is 6.07 Å². The fraction of sp³-hybridized carbons (Fsp3) is 0.100. The summed E-state index contributed by atoms with van der Waals surface area (Å²) in [6, 6.07) is 5.61. The lowest BCUT2D eigenvalue weighted by molar-refractivity contribution is 0.304. The molecule has 3 N–H and O–H groups in total. The predicted molar refractivity (Wildman–Crippen MR) is 120 cm³/mol. The second-order valence-corrected chi connectivity index (χ2v) is 8.14. The van der Waals surface area contributed by atoms with Crippen LogP contribution in [-0.4, -0.2) is 25.3 Å². The number of hydrogen-bond acceptors (Lipinski definition) is 12. The van der Waals surface area contributed by atoms with Crippen molar-refractivity contribution in [3.63, 3.8) is 0 Å². The van der Waals surface area contributed by atoms with Crippen LogP contribution >= 0.6 is 22.7 Å². The van der Waals surface area contributed by atoms with Crippen molar-refractivity contribution < 1.29 is 20.1 Å². The quantitative estimate of drug-likeness (QED) is 0.266. The van der Waals surface area contributed by atoms with Crippen molar-refractivity contribution in [3.8, 4) is 23.0 Å². The fourth-order valence-electron chi connectivity index (χ4n) is 2.62. The number of phenolic OH excluding ortho intramolecular Hbond substituents is 3. The second kappa shape index (κ2) is 9.49. The number of nitrogens with zero attached hydrogens (tertiary/aromatic N) is 6. The van der Waals surface area contributed by atoms with E-state index in [1.165, 1.54) is 34.8 Å². The third-order valence-corrected chi connectivity index (χ3v) is 5.44. The lowest BCUT2D eigenvalue weighted by Gasteiger charge is -2.12. The molecule has 2 aromatic heterocycles. The molecule has 162 valence electrons. The SMILES string of the molecule is Cc1cc(/N=N/c2nccs2)c(OCc2cc(O)cc(O)c2/N=N/c2nccs2)cc1O. The number of benzene rings is 2. The van der Waals surface area contributed by atoms with Crippen LogP contribution in [0.3, 0.4) is 0 Å². The van der Waals surface area contributed by atoms with Crippen molar-refractivity contribution in [2.45, 2.75) is 13.5 Å². The summed E-state index contributed by atoms with van der Waals surface area (Å²) < 4.78 is 5.85. The molecule has 0 radical (unpaired) electrons. The first-order valence-corrected chi connectivity index (χ1v) is 10.9. The van der Waals surface area contributed by atoms with Gasteiger partial charge in [-0.25, -0.2) is 9.97 Å². The molecule has 0 bridgehead atoms. The van der Waals surface area contributed by atoms with Crippen molar-refractivity contribution in [1.29, 1.82) is 0 Å². The largest absolute Gasteiger partial charge is 0.508 e. The first kappa shape index (κ1) is 21.3. The highest BCUT2D eigenvalue weighted by Crippen LogP contribution is 2.39.